The van der Waals surface area contributed by atoms with E-state index < -0.39 is 5.97 Å². The van der Waals surface area contributed by atoms with Crippen molar-refractivity contribution in [3.05, 3.63) is 53.7 Å². The van der Waals surface area contributed by atoms with E-state index in [1.165, 1.54) is 24.8 Å². The number of amides is 1. The number of carbonyl (C=O) groups is 2. The molecule has 0 saturated heterocycles. The molecule has 2 rings (SSSR count). The molecule has 0 fully saturated rings. The van der Waals surface area contributed by atoms with E-state index >= 15 is 0 Å². The van der Waals surface area contributed by atoms with Crippen LogP contribution < -0.4 is 5.32 Å². The Bertz CT molecular complexity index is 546. The third-order valence-corrected chi connectivity index (χ3v) is 2.28. The van der Waals surface area contributed by atoms with Crippen LogP contribution in [0.2, 0.25) is 0 Å². The monoisotopic (exact) mass is 246 g/mol. The van der Waals surface area contributed by atoms with Crippen LogP contribution in [0.25, 0.3) is 0 Å². The van der Waals surface area contributed by atoms with Crippen molar-refractivity contribution in [3.8, 4) is 0 Å². The maximum atomic E-state index is 11.6. The van der Waals surface area contributed by atoms with Gasteiger partial charge in [-0.25, -0.2) is 9.78 Å². The third kappa shape index (κ3) is 2.73. The predicted molar refractivity (Wildman–Crippen MR) is 61.1 cm³/mol. The minimum absolute atomic E-state index is 0.0279. The lowest BCUT2D eigenvalue weighted by atomic mass is 10.2. The normalized spacial score (nSPS) is 10.0. The Morgan fingerprint density at radius 3 is 2.72 bits per heavy atom. The highest BCUT2D eigenvalue weighted by Gasteiger charge is 2.07. The standard InChI is InChI=1S/C12H10N2O4/c15-11(9-3-4-18-7-9)14-6-8-1-2-10(12(16)17)13-5-8/h1-5,7H,6H2,(H,14,15)(H,16,17). The maximum Gasteiger partial charge on any atom is 0.354 e. The molecule has 2 aromatic rings. The van der Waals surface area contributed by atoms with Gasteiger partial charge in [-0.15, -0.1) is 0 Å². The topological polar surface area (TPSA) is 92.4 Å². The van der Waals surface area contributed by atoms with E-state index in [2.05, 4.69) is 10.3 Å². The molecule has 2 N–H and O–H groups in total. The zero-order valence-electron chi connectivity index (χ0n) is 9.29. The summed E-state index contributed by atoms with van der Waals surface area (Å²) in [5.41, 5.74) is 1.13. The van der Waals surface area contributed by atoms with E-state index in [0.717, 1.165) is 5.56 Å². The van der Waals surface area contributed by atoms with E-state index in [1.807, 2.05) is 0 Å². The molecule has 2 heterocycles. The average molecular weight is 246 g/mol. The molecule has 0 spiro atoms. The second kappa shape index (κ2) is 5.13. The first-order valence-corrected chi connectivity index (χ1v) is 5.15. The molecule has 6 heteroatoms. The van der Waals surface area contributed by atoms with Crippen molar-refractivity contribution in [2.45, 2.75) is 6.54 Å². The number of carboxylic acids is 1. The van der Waals surface area contributed by atoms with Gasteiger partial charge in [0.15, 0.2) is 0 Å². The number of carbonyl (C=O) groups excluding carboxylic acids is 1. The summed E-state index contributed by atoms with van der Waals surface area (Å²) < 4.78 is 4.79. The number of aromatic carboxylic acids is 1. The van der Waals surface area contributed by atoms with Crippen molar-refractivity contribution in [2.75, 3.05) is 0 Å². The molecule has 0 aromatic carbocycles. The van der Waals surface area contributed by atoms with E-state index in [9.17, 15) is 9.59 Å². The fraction of sp³-hybridized carbons (Fsp3) is 0.0833. The minimum Gasteiger partial charge on any atom is -0.477 e. The minimum atomic E-state index is -1.08. The molecular weight excluding hydrogens is 236 g/mol. The zero-order chi connectivity index (χ0) is 13.0. The number of hydrogen-bond acceptors (Lipinski definition) is 4. The number of nitrogens with one attached hydrogen (secondary N) is 1. The summed E-state index contributed by atoms with van der Waals surface area (Å²) in [6.07, 6.45) is 4.18. The van der Waals surface area contributed by atoms with Gasteiger partial charge >= 0.3 is 5.97 Å². The highest BCUT2D eigenvalue weighted by atomic mass is 16.4. The molecule has 0 aliphatic rings. The lowest BCUT2D eigenvalue weighted by Crippen LogP contribution is -2.22. The Hall–Kier alpha value is -2.63. The fourth-order valence-corrected chi connectivity index (χ4v) is 1.33. The van der Waals surface area contributed by atoms with Crippen molar-refractivity contribution < 1.29 is 19.1 Å². The van der Waals surface area contributed by atoms with Gasteiger partial charge in [0.2, 0.25) is 0 Å². The summed E-state index contributed by atoms with van der Waals surface area (Å²) in [7, 11) is 0. The highest BCUT2D eigenvalue weighted by Crippen LogP contribution is 2.02. The second-order valence-corrected chi connectivity index (χ2v) is 3.55. The quantitative estimate of drug-likeness (QED) is 0.848. The molecule has 0 bridgehead atoms. The van der Waals surface area contributed by atoms with E-state index in [4.69, 9.17) is 9.52 Å². The summed E-state index contributed by atoms with van der Waals surface area (Å²) >= 11 is 0. The molecule has 2 aromatic heterocycles. The van der Waals surface area contributed by atoms with Gasteiger partial charge < -0.3 is 14.8 Å². The van der Waals surface area contributed by atoms with E-state index in [0.29, 0.717) is 5.56 Å². The van der Waals surface area contributed by atoms with Crippen LogP contribution in [0.1, 0.15) is 26.4 Å². The van der Waals surface area contributed by atoms with E-state index in [-0.39, 0.29) is 18.1 Å². The number of aromatic nitrogens is 1. The number of furan rings is 1. The fourth-order valence-electron chi connectivity index (χ4n) is 1.33. The van der Waals surface area contributed by atoms with Gasteiger partial charge in [-0.2, -0.15) is 0 Å². The number of hydrogen-bond donors (Lipinski definition) is 2. The van der Waals surface area contributed by atoms with Crippen LogP contribution in [0, 0.1) is 0 Å². The molecule has 0 aliphatic heterocycles. The van der Waals surface area contributed by atoms with Crippen molar-refractivity contribution >= 4 is 11.9 Å². The largest absolute Gasteiger partial charge is 0.477 e. The van der Waals surface area contributed by atoms with Crippen molar-refractivity contribution in [1.29, 1.82) is 0 Å². The predicted octanol–water partition coefficient (Wildman–Crippen LogP) is 1.30. The van der Waals surface area contributed by atoms with Crippen molar-refractivity contribution in [3.63, 3.8) is 0 Å². The molecule has 0 radical (unpaired) electrons. The highest BCUT2D eigenvalue weighted by molar-refractivity contribution is 5.93. The number of pyridine rings is 1. The Labute approximate surface area is 102 Å². The number of nitrogens with zero attached hydrogens (tertiary/aromatic N) is 1. The van der Waals surface area contributed by atoms with Gasteiger partial charge in [0.1, 0.15) is 12.0 Å². The Balaban J connectivity index is 1.94. The first-order chi connectivity index (χ1) is 8.66. The molecule has 1 amide bonds. The maximum absolute atomic E-state index is 11.6. The third-order valence-electron chi connectivity index (χ3n) is 2.28. The second-order valence-electron chi connectivity index (χ2n) is 3.55. The van der Waals surface area contributed by atoms with Gasteiger partial charge in [0.05, 0.1) is 11.8 Å². The molecule has 6 nitrogen and oxygen atoms in total. The zero-order valence-corrected chi connectivity index (χ0v) is 9.29. The lowest BCUT2D eigenvalue weighted by Gasteiger charge is -2.03. The van der Waals surface area contributed by atoms with Gasteiger partial charge in [-0.1, -0.05) is 6.07 Å². The Morgan fingerprint density at radius 2 is 2.17 bits per heavy atom. The summed E-state index contributed by atoms with van der Waals surface area (Å²) in [6.45, 7) is 0.275. The van der Waals surface area contributed by atoms with Crippen LogP contribution >= 0.6 is 0 Å². The molecular formula is C12H10N2O4. The van der Waals surface area contributed by atoms with Gasteiger partial charge in [-0.3, -0.25) is 4.79 Å². The molecule has 0 unspecified atom stereocenters. The first kappa shape index (κ1) is 11.8. The molecule has 92 valence electrons. The average Bonchev–Trinajstić information content (AvgIpc) is 2.90. The summed E-state index contributed by atoms with van der Waals surface area (Å²) in [6, 6.07) is 4.55. The number of rotatable bonds is 4. The summed E-state index contributed by atoms with van der Waals surface area (Å²) in [5, 5.41) is 11.3. The van der Waals surface area contributed by atoms with Crippen LogP contribution in [0.3, 0.4) is 0 Å². The van der Waals surface area contributed by atoms with Gasteiger partial charge in [0.25, 0.3) is 5.91 Å². The van der Waals surface area contributed by atoms with Crippen LogP contribution in [0.15, 0.2) is 41.3 Å². The molecule has 0 saturated carbocycles. The lowest BCUT2D eigenvalue weighted by molar-refractivity contribution is 0.0690. The summed E-state index contributed by atoms with van der Waals surface area (Å²) in [4.78, 5) is 25.9. The molecule has 0 atom stereocenters. The van der Waals surface area contributed by atoms with Gasteiger partial charge in [-0.05, 0) is 17.7 Å². The van der Waals surface area contributed by atoms with Crippen molar-refractivity contribution in [2.24, 2.45) is 0 Å². The Kier molecular flexibility index (Phi) is 3.38. The van der Waals surface area contributed by atoms with E-state index in [1.54, 1.807) is 12.1 Å². The molecule has 18 heavy (non-hydrogen) atoms. The first-order valence-electron chi connectivity index (χ1n) is 5.15. The number of carboxylic acid groups (broad SMARTS) is 1. The Morgan fingerprint density at radius 1 is 1.33 bits per heavy atom. The van der Waals surface area contributed by atoms with Gasteiger partial charge in [0, 0.05) is 12.7 Å². The van der Waals surface area contributed by atoms with Crippen LogP contribution in [-0.2, 0) is 6.54 Å². The van der Waals surface area contributed by atoms with Crippen LogP contribution in [0.5, 0.6) is 0 Å². The van der Waals surface area contributed by atoms with Crippen molar-refractivity contribution in [1.82, 2.24) is 10.3 Å². The smallest absolute Gasteiger partial charge is 0.354 e. The van der Waals surface area contributed by atoms with Crippen LogP contribution in [-0.4, -0.2) is 22.0 Å². The molecule has 0 aliphatic carbocycles. The SMILES string of the molecule is O=C(NCc1ccc(C(=O)O)nc1)c1ccoc1. The van der Waals surface area contributed by atoms with Crippen LogP contribution in [0.4, 0.5) is 0 Å². The summed E-state index contributed by atoms with van der Waals surface area (Å²) in [5.74, 6) is -1.34.